The van der Waals surface area contributed by atoms with Crippen LogP contribution in [-0.4, -0.2) is 90.0 Å². The van der Waals surface area contributed by atoms with Crippen molar-refractivity contribution in [2.45, 2.75) is 88.2 Å². The Morgan fingerprint density at radius 3 is 2.46 bits per heavy atom. The summed E-state index contributed by atoms with van der Waals surface area (Å²) in [6.07, 6.45) is 11.6. The van der Waals surface area contributed by atoms with Crippen molar-refractivity contribution in [3.05, 3.63) is 95.1 Å². The minimum absolute atomic E-state index is 0.0352. The third-order valence-electron chi connectivity index (χ3n) is 11.4. The number of amides is 1. The Morgan fingerprint density at radius 1 is 1.04 bits per heavy atom. The molecule has 1 saturated carbocycles. The van der Waals surface area contributed by atoms with Crippen LogP contribution < -0.4 is 14.2 Å². The fourth-order valence-corrected chi connectivity index (χ4v) is 8.83. The average molecular weight is 790 g/mol. The summed E-state index contributed by atoms with van der Waals surface area (Å²) in [4.78, 5) is 32.5. The third kappa shape index (κ3) is 9.35. The number of nitro groups is 1. The number of benzene rings is 2. The van der Waals surface area contributed by atoms with Gasteiger partial charge in [0, 0.05) is 56.7 Å². The molecular weight excluding hydrogens is 734 g/mol. The first kappa shape index (κ1) is 41.9. The minimum atomic E-state index is -1.48. The predicted octanol–water partition coefficient (Wildman–Crippen LogP) is 7.45. The fraction of sp³-hybridized carbons (Fsp3) is 0.535. The number of hydrogen-bond donors (Lipinski definition) is 2. The van der Waals surface area contributed by atoms with Crippen LogP contribution in [0.25, 0.3) is 0 Å². The average Bonchev–Trinajstić information content (AvgIpc) is 3.22. The molecule has 0 aromatic heterocycles. The highest BCUT2D eigenvalue weighted by molar-refractivity contribution is 6.03. The van der Waals surface area contributed by atoms with E-state index in [1.807, 2.05) is 18.2 Å². The zero-order chi connectivity index (χ0) is 40.4. The molecule has 2 aliphatic heterocycles. The summed E-state index contributed by atoms with van der Waals surface area (Å²) >= 11 is 0. The molecule has 2 heterocycles. The molecule has 0 spiro atoms. The molecular formula is C43H55N3O11. The summed E-state index contributed by atoms with van der Waals surface area (Å²) in [5.41, 5.74) is 2.32. The fourth-order valence-electron chi connectivity index (χ4n) is 8.83. The number of oxime groups is 1. The molecule has 57 heavy (non-hydrogen) atoms. The molecule has 7 atom stereocenters. The number of ether oxygens (including phenoxy) is 5. The normalized spacial score (nSPS) is 26.9. The van der Waals surface area contributed by atoms with Crippen LogP contribution in [0, 0.1) is 27.9 Å². The van der Waals surface area contributed by atoms with Crippen molar-refractivity contribution < 1.29 is 48.5 Å². The number of non-ortho nitro benzene ring substituents is 1. The summed E-state index contributed by atoms with van der Waals surface area (Å²) < 4.78 is 31.8. The molecule has 1 saturated heterocycles. The molecule has 308 valence electrons. The minimum Gasteiger partial charge on any atom is -0.490 e. The maximum absolute atomic E-state index is 14.2. The Hall–Kier alpha value is -4.76. The second-order valence-corrected chi connectivity index (χ2v) is 15.0. The molecule has 2 N–H and O–H groups in total. The lowest BCUT2D eigenvalue weighted by Crippen LogP contribution is -2.69. The number of aliphatic hydroxyl groups excluding tert-OH is 2. The van der Waals surface area contributed by atoms with Crippen molar-refractivity contribution in [3.63, 3.8) is 0 Å². The zero-order valence-electron chi connectivity index (χ0n) is 32.7. The SMILES string of the molecule is C=CCOc1ccc2c(c1)C1C(CCCCO)C(CCCCO)C=C3C(=NOC4CCCCO4)CC(N(C)C(=O)Oc4ccc([N+](=O)[O-])cc4)C(OCC=C)(O2)C31. The first-order valence-corrected chi connectivity index (χ1v) is 20.0. The largest absolute Gasteiger partial charge is 0.490 e. The van der Waals surface area contributed by atoms with E-state index in [4.69, 9.17) is 33.7 Å². The molecule has 2 aromatic rings. The maximum Gasteiger partial charge on any atom is 0.415 e. The van der Waals surface area contributed by atoms with Gasteiger partial charge in [0.25, 0.3) is 5.69 Å². The summed E-state index contributed by atoms with van der Waals surface area (Å²) in [5.74, 6) is -0.760. The Balaban J connectivity index is 1.52. The first-order valence-electron chi connectivity index (χ1n) is 20.0. The Morgan fingerprint density at radius 2 is 1.77 bits per heavy atom. The number of unbranched alkanes of at least 4 members (excludes halogenated alkanes) is 2. The zero-order valence-corrected chi connectivity index (χ0v) is 32.7. The quantitative estimate of drug-likeness (QED) is 0.0627. The van der Waals surface area contributed by atoms with E-state index in [1.54, 1.807) is 19.2 Å². The van der Waals surface area contributed by atoms with Crippen molar-refractivity contribution in [1.82, 2.24) is 4.90 Å². The summed E-state index contributed by atoms with van der Waals surface area (Å²) in [6, 6.07) is 10.2. The molecule has 14 heteroatoms. The Labute approximate surface area is 333 Å². The number of hydrogen-bond acceptors (Lipinski definition) is 12. The van der Waals surface area contributed by atoms with Crippen molar-refractivity contribution in [1.29, 1.82) is 0 Å². The lowest BCUT2D eigenvalue weighted by Gasteiger charge is -2.59. The maximum atomic E-state index is 14.2. The van der Waals surface area contributed by atoms with Gasteiger partial charge in [-0.05, 0) is 86.3 Å². The van der Waals surface area contributed by atoms with E-state index < -0.39 is 35.1 Å². The van der Waals surface area contributed by atoms with Crippen molar-refractivity contribution in [2.24, 2.45) is 22.9 Å². The van der Waals surface area contributed by atoms with Crippen LogP contribution in [0.1, 0.15) is 75.7 Å². The summed E-state index contributed by atoms with van der Waals surface area (Å²) in [6.45, 7) is 8.93. The van der Waals surface area contributed by atoms with E-state index in [-0.39, 0.29) is 55.4 Å². The van der Waals surface area contributed by atoms with Crippen LogP contribution >= 0.6 is 0 Å². The highest BCUT2D eigenvalue weighted by Crippen LogP contribution is 2.62. The molecule has 4 aliphatic rings. The third-order valence-corrected chi connectivity index (χ3v) is 11.4. The van der Waals surface area contributed by atoms with Gasteiger partial charge in [0.15, 0.2) is 0 Å². The van der Waals surface area contributed by atoms with Crippen molar-refractivity contribution >= 4 is 17.5 Å². The van der Waals surface area contributed by atoms with Gasteiger partial charge >= 0.3 is 6.09 Å². The number of allylic oxidation sites excluding steroid dienone is 1. The second-order valence-electron chi connectivity index (χ2n) is 15.0. The van der Waals surface area contributed by atoms with Gasteiger partial charge in [-0.3, -0.25) is 10.1 Å². The highest BCUT2D eigenvalue weighted by Gasteiger charge is 2.65. The van der Waals surface area contributed by atoms with E-state index in [0.717, 1.165) is 49.7 Å². The van der Waals surface area contributed by atoms with E-state index in [0.29, 0.717) is 49.7 Å². The number of nitrogens with zero attached hydrogens (tertiary/aromatic N) is 3. The number of carbonyl (C=O) groups excluding carboxylic acids is 1. The van der Waals surface area contributed by atoms with Crippen LogP contribution in [0.3, 0.4) is 0 Å². The van der Waals surface area contributed by atoms with Gasteiger partial charge in [-0.25, -0.2) is 4.79 Å². The van der Waals surface area contributed by atoms with Gasteiger partial charge < -0.3 is 43.6 Å². The monoisotopic (exact) mass is 789 g/mol. The van der Waals surface area contributed by atoms with E-state index in [1.165, 1.54) is 29.2 Å². The van der Waals surface area contributed by atoms with Gasteiger partial charge in [0.2, 0.25) is 12.1 Å². The smallest absolute Gasteiger partial charge is 0.415 e. The second kappa shape index (κ2) is 19.6. The summed E-state index contributed by atoms with van der Waals surface area (Å²) in [5, 5.41) is 35.8. The molecule has 1 amide bonds. The van der Waals surface area contributed by atoms with Gasteiger partial charge in [0.1, 0.15) is 29.9 Å². The number of aliphatic hydroxyl groups is 2. The number of nitro benzene ring substituents is 1. The van der Waals surface area contributed by atoms with Gasteiger partial charge in [-0.2, -0.15) is 0 Å². The lowest BCUT2D eigenvalue weighted by molar-refractivity contribution is -0.384. The molecule has 2 fully saturated rings. The molecule has 2 aromatic carbocycles. The van der Waals surface area contributed by atoms with E-state index in [9.17, 15) is 25.1 Å². The molecule has 0 bridgehead atoms. The first-order chi connectivity index (χ1) is 27.7. The number of fused-ring (bicyclic) bond motifs is 2. The van der Waals surface area contributed by atoms with Crippen molar-refractivity contribution in [3.8, 4) is 17.2 Å². The topological polar surface area (TPSA) is 172 Å². The number of carbonyl (C=O) groups is 1. The molecule has 14 nitrogen and oxygen atoms in total. The van der Waals surface area contributed by atoms with Crippen LogP contribution in [0.15, 0.2) is 84.6 Å². The number of rotatable bonds is 19. The lowest BCUT2D eigenvalue weighted by atomic mass is 9.55. The van der Waals surface area contributed by atoms with E-state index >= 15 is 0 Å². The van der Waals surface area contributed by atoms with Crippen LogP contribution in [-0.2, 0) is 14.3 Å². The Kier molecular flexibility index (Phi) is 14.4. The van der Waals surface area contributed by atoms with Gasteiger partial charge in [0.05, 0.1) is 29.8 Å². The highest BCUT2D eigenvalue weighted by atomic mass is 16.8. The molecule has 7 unspecified atom stereocenters. The van der Waals surface area contributed by atoms with E-state index in [2.05, 4.69) is 19.2 Å². The van der Waals surface area contributed by atoms with Crippen molar-refractivity contribution in [2.75, 3.05) is 40.1 Å². The molecule has 0 radical (unpaired) electrons. The van der Waals surface area contributed by atoms with Crippen LogP contribution in [0.4, 0.5) is 10.5 Å². The standard InChI is InChI=1S/C43H55N3O11/c1-4-23-52-32-19-20-37-35(27-32)40-33(13-7-10-22-48)29(12-6-9-21-47)26-34-36(44-57-39-14-8-11-25-53-39)28-38(43(56-37,41(34)40)54-24-5-2)45(3)42(49)55-31-17-15-30(16-18-31)46(50)51/h4-5,15-20,26-27,29,33,38-41,47-48H,1-2,6-14,21-25,28H2,3H3. The summed E-state index contributed by atoms with van der Waals surface area (Å²) in [7, 11) is 1.62. The number of likely N-dealkylation sites (N-methyl/N-ethyl adjacent to an activating group) is 1. The van der Waals surface area contributed by atoms with Crippen LogP contribution in [0.5, 0.6) is 17.2 Å². The molecule has 6 rings (SSSR count). The Bertz CT molecular complexity index is 1780. The predicted molar refractivity (Wildman–Crippen MR) is 212 cm³/mol. The van der Waals surface area contributed by atoms with Crippen LogP contribution in [0.2, 0.25) is 0 Å². The molecule has 2 aliphatic carbocycles. The van der Waals surface area contributed by atoms with Gasteiger partial charge in [-0.1, -0.05) is 42.8 Å². The van der Waals surface area contributed by atoms with Gasteiger partial charge in [-0.15, -0.1) is 6.58 Å².